The lowest BCUT2D eigenvalue weighted by Crippen LogP contribution is -2.12. The molecule has 0 bridgehead atoms. The Hall–Kier alpha value is -2.30. The van der Waals surface area contributed by atoms with E-state index in [9.17, 15) is 5.11 Å². The van der Waals surface area contributed by atoms with Crippen LogP contribution in [0.2, 0.25) is 0 Å². The van der Waals surface area contributed by atoms with E-state index in [0.29, 0.717) is 5.75 Å². The molecule has 0 aliphatic carbocycles. The maximum atomic E-state index is 9.81. The highest BCUT2D eigenvalue weighted by Crippen LogP contribution is 2.32. The van der Waals surface area contributed by atoms with Crippen molar-refractivity contribution in [1.82, 2.24) is 9.97 Å². The molecule has 5 nitrogen and oxygen atoms in total. The first-order valence-corrected chi connectivity index (χ1v) is 5.94. The number of aromatic hydroxyl groups is 1. The SMILES string of the molecule is COc1ccc(N(C)c2cc(C)nc(C)n2)cc1O. The van der Waals surface area contributed by atoms with Gasteiger partial charge >= 0.3 is 0 Å². The predicted octanol–water partition coefficient (Wildman–Crippen LogP) is 2.58. The lowest BCUT2D eigenvalue weighted by Gasteiger charge is -2.19. The van der Waals surface area contributed by atoms with Crippen molar-refractivity contribution in [3.05, 3.63) is 35.8 Å². The van der Waals surface area contributed by atoms with Gasteiger partial charge < -0.3 is 14.7 Å². The number of aryl methyl sites for hydroxylation is 2. The van der Waals surface area contributed by atoms with E-state index in [1.807, 2.05) is 37.9 Å². The fraction of sp³-hybridized carbons (Fsp3) is 0.286. The van der Waals surface area contributed by atoms with Crippen molar-refractivity contribution in [3.63, 3.8) is 0 Å². The Balaban J connectivity index is 2.38. The summed E-state index contributed by atoms with van der Waals surface area (Å²) in [5.41, 5.74) is 1.74. The van der Waals surface area contributed by atoms with Gasteiger partial charge in [-0.3, -0.25) is 0 Å². The summed E-state index contributed by atoms with van der Waals surface area (Å²) >= 11 is 0. The third kappa shape index (κ3) is 2.76. The lowest BCUT2D eigenvalue weighted by atomic mass is 10.2. The molecule has 0 atom stereocenters. The van der Waals surface area contributed by atoms with Gasteiger partial charge in [0.2, 0.25) is 0 Å². The number of anilines is 2. The van der Waals surface area contributed by atoms with Crippen molar-refractivity contribution in [3.8, 4) is 11.5 Å². The number of methoxy groups -OCH3 is 1. The van der Waals surface area contributed by atoms with E-state index in [2.05, 4.69) is 9.97 Å². The summed E-state index contributed by atoms with van der Waals surface area (Å²) in [7, 11) is 3.41. The zero-order valence-corrected chi connectivity index (χ0v) is 11.5. The van der Waals surface area contributed by atoms with Crippen molar-refractivity contribution in [2.75, 3.05) is 19.1 Å². The minimum Gasteiger partial charge on any atom is -0.504 e. The molecule has 0 spiro atoms. The van der Waals surface area contributed by atoms with E-state index in [0.717, 1.165) is 23.0 Å². The summed E-state index contributed by atoms with van der Waals surface area (Å²) in [6.07, 6.45) is 0. The molecular weight excluding hydrogens is 242 g/mol. The second kappa shape index (κ2) is 5.14. The first-order valence-electron chi connectivity index (χ1n) is 5.94. The molecule has 0 aliphatic rings. The van der Waals surface area contributed by atoms with Crippen LogP contribution in [0.4, 0.5) is 11.5 Å². The molecule has 1 heterocycles. The molecule has 0 radical (unpaired) electrons. The summed E-state index contributed by atoms with van der Waals surface area (Å²) in [4.78, 5) is 10.5. The highest BCUT2D eigenvalue weighted by Gasteiger charge is 2.10. The van der Waals surface area contributed by atoms with Gasteiger partial charge in [0, 0.05) is 30.6 Å². The van der Waals surface area contributed by atoms with E-state index in [1.165, 1.54) is 7.11 Å². The van der Waals surface area contributed by atoms with Gasteiger partial charge in [-0.05, 0) is 26.0 Å². The third-order valence-electron chi connectivity index (χ3n) is 2.85. The number of ether oxygens (including phenoxy) is 1. The number of aromatic nitrogens is 2. The second-order valence-corrected chi connectivity index (χ2v) is 4.33. The maximum Gasteiger partial charge on any atom is 0.160 e. The molecule has 2 rings (SSSR count). The minimum absolute atomic E-state index is 0.106. The number of phenolic OH excluding ortho intramolecular Hbond substituents is 1. The van der Waals surface area contributed by atoms with Crippen LogP contribution in [-0.4, -0.2) is 29.2 Å². The zero-order chi connectivity index (χ0) is 14.0. The van der Waals surface area contributed by atoms with Gasteiger partial charge in [0.15, 0.2) is 11.5 Å². The van der Waals surface area contributed by atoms with Crippen LogP contribution in [0.3, 0.4) is 0 Å². The van der Waals surface area contributed by atoms with Crippen LogP contribution < -0.4 is 9.64 Å². The molecule has 0 aliphatic heterocycles. The van der Waals surface area contributed by atoms with Crippen molar-refractivity contribution in [2.24, 2.45) is 0 Å². The van der Waals surface area contributed by atoms with E-state index >= 15 is 0 Å². The van der Waals surface area contributed by atoms with Gasteiger partial charge in [-0.1, -0.05) is 0 Å². The second-order valence-electron chi connectivity index (χ2n) is 4.33. The fourth-order valence-electron chi connectivity index (χ4n) is 1.89. The maximum absolute atomic E-state index is 9.81. The van der Waals surface area contributed by atoms with Crippen molar-refractivity contribution in [1.29, 1.82) is 0 Å². The topological polar surface area (TPSA) is 58.5 Å². The summed E-state index contributed by atoms with van der Waals surface area (Å²) in [6.45, 7) is 3.79. The summed E-state index contributed by atoms with van der Waals surface area (Å²) in [6, 6.07) is 7.13. The molecule has 0 amide bonds. The lowest BCUT2D eigenvalue weighted by molar-refractivity contribution is 0.373. The first kappa shape index (κ1) is 13.1. The largest absolute Gasteiger partial charge is 0.504 e. The fourth-order valence-corrected chi connectivity index (χ4v) is 1.89. The molecule has 1 aromatic heterocycles. The number of benzene rings is 1. The molecule has 0 saturated carbocycles. The van der Waals surface area contributed by atoms with Crippen LogP contribution in [0.5, 0.6) is 11.5 Å². The smallest absolute Gasteiger partial charge is 0.160 e. The number of nitrogens with zero attached hydrogens (tertiary/aromatic N) is 3. The molecule has 1 aromatic carbocycles. The summed E-state index contributed by atoms with van der Waals surface area (Å²) in [5.74, 6) is 2.07. The van der Waals surface area contributed by atoms with E-state index in [4.69, 9.17) is 4.74 Å². The zero-order valence-electron chi connectivity index (χ0n) is 11.5. The van der Waals surface area contributed by atoms with Gasteiger partial charge in [-0.15, -0.1) is 0 Å². The van der Waals surface area contributed by atoms with Gasteiger partial charge in [-0.25, -0.2) is 9.97 Å². The number of hydrogen-bond acceptors (Lipinski definition) is 5. The Morgan fingerprint density at radius 2 is 1.89 bits per heavy atom. The average Bonchev–Trinajstić information content (AvgIpc) is 2.36. The number of phenols is 1. The Morgan fingerprint density at radius 1 is 1.16 bits per heavy atom. The summed E-state index contributed by atoms with van der Waals surface area (Å²) in [5, 5.41) is 9.81. The minimum atomic E-state index is 0.106. The molecule has 19 heavy (non-hydrogen) atoms. The summed E-state index contributed by atoms with van der Waals surface area (Å²) < 4.78 is 5.03. The van der Waals surface area contributed by atoms with Crippen LogP contribution in [0.25, 0.3) is 0 Å². The first-order chi connectivity index (χ1) is 9.01. The highest BCUT2D eigenvalue weighted by atomic mass is 16.5. The quantitative estimate of drug-likeness (QED) is 0.918. The normalized spacial score (nSPS) is 10.3. The van der Waals surface area contributed by atoms with Crippen LogP contribution in [0.15, 0.2) is 24.3 Å². The Kier molecular flexibility index (Phi) is 3.55. The van der Waals surface area contributed by atoms with E-state index in [1.54, 1.807) is 12.1 Å². The molecule has 1 N–H and O–H groups in total. The van der Waals surface area contributed by atoms with Gasteiger partial charge in [0.25, 0.3) is 0 Å². The van der Waals surface area contributed by atoms with Gasteiger partial charge in [-0.2, -0.15) is 0 Å². The third-order valence-corrected chi connectivity index (χ3v) is 2.85. The number of hydrogen-bond donors (Lipinski definition) is 1. The average molecular weight is 259 g/mol. The van der Waals surface area contributed by atoms with E-state index in [-0.39, 0.29) is 5.75 Å². The number of rotatable bonds is 3. The molecule has 0 unspecified atom stereocenters. The van der Waals surface area contributed by atoms with Gasteiger partial charge in [0.1, 0.15) is 11.6 Å². The van der Waals surface area contributed by atoms with Crippen LogP contribution in [-0.2, 0) is 0 Å². The van der Waals surface area contributed by atoms with Gasteiger partial charge in [0.05, 0.1) is 7.11 Å². The Bertz CT molecular complexity index is 579. The molecular formula is C14H17N3O2. The molecule has 0 fully saturated rings. The Morgan fingerprint density at radius 3 is 2.47 bits per heavy atom. The standard InChI is InChI=1S/C14H17N3O2/c1-9-7-14(16-10(2)15-9)17(3)11-5-6-13(19-4)12(18)8-11/h5-8,18H,1-4H3. The molecule has 5 heteroatoms. The Labute approximate surface area is 112 Å². The van der Waals surface area contributed by atoms with Crippen LogP contribution in [0, 0.1) is 13.8 Å². The van der Waals surface area contributed by atoms with Crippen LogP contribution >= 0.6 is 0 Å². The molecule has 100 valence electrons. The van der Waals surface area contributed by atoms with Crippen molar-refractivity contribution < 1.29 is 9.84 Å². The predicted molar refractivity (Wildman–Crippen MR) is 74.2 cm³/mol. The van der Waals surface area contributed by atoms with E-state index < -0.39 is 0 Å². The monoisotopic (exact) mass is 259 g/mol. The molecule has 0 saturated heterocycles. The van der Waals surface area contributed by atoms with Crippen molar-refractivity contribution in [2.45, 2.75) is 13.8 Å². The van der Waals surface area contributed by atoms with Crippen LogP contribution in [0.1, 0.15) is 11.5 Å². The highest BCUT2D eigenvalue weighted by molar-refractivity contribution is 5.63. The van der Waals surface area contributed by atoms with Crippen molar-refractivity contribution >= 4 is 11.5 Å². The molecule has 2 aromatic rings.